The van der Waals surface area contributed by atoms with Crippen LogP contribution in [0.1, 0.15) is 0 Å². The average molecular weight is 483 g/mol. The molecular weight excluding hydrogens is 464 g/mol. The monoisotopic (exact) mass is 482 g/mol. The SMILES string of the molecule is O=c1c2cc3c(cc2c2cc4c5ccccc5c5ccccc5c4cc12)c(=O)c1ccc2ccccc2c13. The van der Waals surface area contributed by atoms with Gasteiger partial charge in [0, 0.05) is 26.9 Å². The molecule has 0 bridgehead atoms. The summed E-state index contributed by atoms with van der Waals surface area (Å²) >= 11 is 0. The summed E-state index contributed by atoms with van der Waals surface area (Å²) in [6.45, 7) is 0. The number of hydrogen-bond acceptors (Lipinski definition) is 2. The van der Waals surface area contributed by atoms with Crippen molar-refractivity contribution in [3.63, 3.8) is 0 Å². The first-order chi connectivity index (χ1) is 18.7. The first kappa shape index (κ1) is 20.0. The zero-order valence-corrected chi connectivity index (χ0v) is 20.2. The third kappa shape index (κ3) is 2.33. The first-order valence-corrected chi connectivity index (χ1v) is 12.9. The highest BCUT2D eigenvalue weighted by Crippen LogP contribution is 2.40. The summed E-state index contributed by atoms with van der Waals surface area (Å²) in [6, 6.07) is 37.1. The van der Waals surface area contributed by atoms with Crippen LogP contribution < -0.4 is 10.9 Å². The summed E-state index contributed by atoms with van der Waals surface area (Å²) in [7, 11) is 0. The van der Waals surface area contributed by atoms with Gasteiger partial charge in [0.1, 0.15) is 0 Å². The van der Waals surface area contributed by atoms with E-state index in [0.29, 0.717) is 21.5 Å². The van der Waals surface area contributed by atoms with Crippen molar-refractivity contribution in [2.45, 2.75) is 0 Å². The predicted molar refractivity (Wildman–Crippen MR) is 161 cm³/mol. The van der Waals surface area contributed by atoms with Gasteiger partial charge in [-0.2, -0.15) is 0 Å². The molecule has 2 nitrogen and oxygen atoms in total. The van der Waals surface area contributed by atoms with E-state index in [0.717, 1.165) is 48.5 Å². The molecule has 0 aliphatic rings. The van der Waals surface area contributed by atoms with E-state index < -0.39 is 0 Å². The fraction of sp³-hybridized carbons (Fsp3) is 0. The van der Waals surface area contributed by atoms with Gasteiger partial charge in [-0.3, -0.25) is 9.59 Å². The molecular formula is C36H18O2. The van der Waals surface area contributed by atoms with Gasteiger partial charge in [-0.1, -0.05) is 78.9 Å². The Bertz CT molecular complexity index is 2600. The molecule has 0 fully saturated rings. The lowest BCUT2D eigenvalue weighted by atomic mass is 9.93. The van der Waals surface area contributed by atoms with Crippen LogP contribution in [0.3, 0.4) is 0 Å². The van der Waals surface area contributed by atoms with Crippen LogP contribution in [0.25, 0.3) is 86.2 Å². The summed E-state index contributed by atoms with van der Waals surface area (Å²) in [6.07, 6.45) is 0. The third-order valence-corrected chi connectivity index (χ3v) is 8.51. The van der Waals surface area contributed by atoms with Crippen LogP contribution >= 0.6 is 0 Å². The Hall–Kier alpha value is -5.08. The standard InChI is InChI=1S/C36H18O2/c37-35-25-14-13-19-7-1-2-8-20(19)34(25)30-18-32-29(17-33(30)35)28-15-26-23-11-5-3-9-21(23)22-10-4-6-12-24(22)27(26)16-31(28)36(32)38/h1-18H. The quantitative estimate of drug-likeness (QED) is 0.203. The van der Waals surface area contributed by atoms with Gasteiger partial charge in [0.25, 0.3) is 0 Å². The largest absolute Gasteiger partial charge is 0.289 e. The smallest absolute Gasteiger partial charge is 0.194 e. The van der Waals surface area contributed by atoms with Crippen molar-refractivity contribution in [3.8, 4) is 0 Å². The van der Waals surface area contributed by atoms with E-state index in [1.54, 1.807) is 0 Å². The number of fused-ring (bicyclic) bond motifs is 14. The maximum atomic E-state index is 13.9. The average Bonchev–Trinajstić information content (AvgIpc) is 3.41. The second kappa shape index (κ2) is 6.81. The van der Waals surface area contributed by atoms with Crippen molar-refractivity contribution in [2.75, 3.05) is 0 Å². The molecule has 0 heterocycles. The zero-order chi connectivity index (χ0) is 25.1. The van der Waals surface area contributed by atoms with Crippen molar-refractivity contribution < 1.29 is 0 Å². The predicted octanol–water partition coefficient (Wildman–Crippen LogP) is 8.51. The molecule has 0 spiro atoms. The van der Waals surface area contributed by atoms with Crippen molar-refractivity contribution in [1.82, 2.24) is 0 Å². The third-order valence-electron chi connectivity index (χ3n) is 8.51. The highest BCUT2D eigenvalue weighted by Gasteiger charge is 2.19. The molecule has 0 aliphatic carbocycles. The van der Waals surface area contributed by atoms with E-state index in [4.69, 9.17) is 0 Å². The summed E-state index contributed by atoms with van der Waals surface area (Å²) in [5.74, 6) is 0. The van der Waals surface area contributed by atoms with Gasteiger partial charge in [0.15, 0.2) is 10.9 Å². The minimum absolute atomic E-state index is 0.0260. The Morgan fingerprint density at radius 3 is 1.29 bits per heavy atom. The molecule has 0 aliphatic heterocycles. The Labute approximate surface area is 215 Å². The van der Waals surface area contributed by atoms with E-state index in [9.17, 15) is 9.59 Å². The maximum absolute atomic E-state index is 13.9. The number of hydrogen-bond donors (Lipinski definition) is 0. The van der Waals surface area contributed by atoms with Crippen LogP contribution in [-0.4, -0.2) is 0 Å². The molecule has 174 valence electrons. The van der Waals surface area contributed by atoms with Gasteiger partial charge >= 0.3 is 0 Å². The summed E-state index contributed by atoms with van der Waals surface area (Å²) in [5.41, 5.74) is 0.0553. The maximum Gasteiger partial charge on any atom is 0.194 e. The molecule has 0 N–H and O–H groups in total. The van der Waals surface area contributed by atoms with Crippen molar-refractivity contribution in [3.05, 3.63) is 130 Å². The highest BCUT2D eigenvalue weighted by atomic mass is 16.1. The molecule has 0 saturated heterocycles. The number of benzene rings is 7. The van der Waals surface area contributed by atoms with Crippen molar-refractivity contribution >= 4 is 86.2 Å². The van der Waals surface area contributed by atoms with Crippen LogP contribution in [0, 0.1) is 0 Å². The van der Waals surface area contributed by atoms with Crippen LogP contribution in [-0.2, 0) is 0 Å². The van der Waals surface area contributed by atoms with E-state index in [1.807, 2.05) is 36.4 Å². The fourth-order valence-electron chi connectivity index (χ4n) is 6.81. The van der Waals surface area contributed by atoms with E-state index >= 15 is 0 Å². The van der Waals surface area contributed by atoms with E-state index in [1.165, 1.54) is 16.2 Å². The van der Waals surface area contributed by atoms with Crippen LogP contribution in [0.2, 0.25) is 0 Å². The Kier molecular flexibility index (Phi) is 3.59. The molecule has 0 unspecified atom stereocenters. The molecule has 9 aromatic carbocycles. The minimum Gasteiger partial charge on any atom is -0.289 e. The van der Waals surface area contributed by atoms with Gasteiger partial charge in [0.2, 0.25) is 0 Å². The summed E-state index contributed by atoms with van der Waals surface area (Å²) < 4.78 is 0. The van der Waals surface area contributed by atoms with Crippen molar-refractivity contribution in [2.24, 2.45) is 0 Å². The minimum atomic E-state index is 0.0260. The second-order valence-electron chi connectivity index (χ2n) is 10.3. The zero-order valence-electron chi connectivity index (χ0n) is 20.2. The molecule has 0 amide bonds. The molecule has 9 aromatic rings. The van der Waals surface area contributed by atoms with Gasteiger partial charge < -0.3 is 0 Å². The first-order valence-electron chi connectivity index (χ1n) is 12.9. The fourth-order valence-corrected chi connectivity index (χ4v) is 6.81. The van der Waals surface area contributed by atoms with Crippen molar-refractivity contribution in [1.29, 1.82) is 0 Å². The Morgan fingerprint density at radius 2 is 0.684 bits per heavy atom. The summed E-state index contributed by atoms with van der Waals surface area (Å²) in [4.78, 5) is 27.5. The van der Waals surface area contributed by atoms with Gasteiger partial charge in [-0.25, -0.2) is 0 Å². The van der Waals surface area contributed by atoms with Gasteiger partial charge in [-0.05, 0) is 89.6 Å². The molecule has 0 aromatic heterocycles. The topological polar surface area (TPSA) is 34.1 Å². The Morgan fingerprint density at radius 1 is 0.289 bits per heavy atom. The van der Waals surface area contributed by atoms with Crippen LogP contribution in [0.15, 0.2) is 119 Å². The molecule has 0 saturated carbocycles. The van der Waals surface area contributed by atoms with Gasteiger partial charge in [0.05, 0.1) is 0 Å². The normalized spacial score (nSPS) is 12.4. The Balaban J connectivity index is 1.51. The lowest BCUT2D eigenvalue weighted by Gasteiger charge is -2.10. The molecule has 0 atom stereocenters. The van der Waals surface area contributed by atoms with E-state index in [-0.39, 0.29) is 10.9 Å². The molecule has 0 radical (unpaired) electrons. The van der Waals surface area contributed by atoms with E-state index in [2.05, 4.69) is 72.8 Å². The number of rotatable bonds is 0. The highest BCUT2D eigenvalue weighted by molar-refractivity contribution is 6.31. The summed E-state index contributed by atoms with van der Waals surface area (Å²) in [5, 5.41) is 15.4. The van der Waals surface area contributed by atoms with Gasteiger partial charge in [-0.15, -0.1) is 0 Å². The molecule has 9 rings (SSSR count). The molecule has 2 heteroatoms. The van der Waals surface area contributed by atoms with Crippen LogP contribution in [0.4, 0.5) is 0 Å². The second-order valence-corrected chi connectivity index (χ2v) is 10.3. The molecule has 38 heavy (non-hydrogen) atoms. The lowest BCUT2D eigenvalue weighted by molar-refractivity contribution is 1.79. The van der Waals surface area contributed by atoms with Crippen LogP contribution in [0.5, 0.6) is 0 Å². The lowest BCUT2D eigenvalue weighted by Crippen LogP contribution is -1.95.